The number of aryl methyl sites for hydroxylation is 1. The maximum Gasteiger partial charge on any atom is 0.433 e. The zero-order valence-corrected chi connectivity index (χ0v) is 15.0. The van der Waals surface area contributed by atoms with Crippen molar-refractivity contribution < 1.29 is 18.9 Å². The number of benzene rings is 2. The van der Waals surface area contributed by atoms with Crippen LogP contribution >= 0.6 is 0 Å². The van der Waals surface area contributed by atoms with Gasteiger partial charge in [0.2, 0.25) is 0 Å². The zero-order chi connectivity index (χ0) is 20.1. The van der Waals surface area contributed by atoms with Gasteiger partial charge in [0.05, 0.1) is 17.3 Å². The fourth-order valence-electron chi connectivity index (χ4n) is 2.51. The van der Waals surface area contributed by atoms with E-state index in [2.05, 4.69) is 10.6 Å². The van der Waals surface area contributed by atoms with E-state index in [1.165, 1.54) is 6.07 Å². The third-order valence-electron chi connectivity index (χ3n) is 3.99. The summed E-state index contributed by atoms with van der Waals surface area (Å²) in [5.74, 6) is -1.80. The number of anilines is 1. The van der Waals surface area contributed by atoms with Gasteiger partial charge in [0.15, 0.2) is 5.76 Å². The summed E-state index contributed by atoms with van der Waals surface area (Å²) in [6.07, 6.45) is 0. The third-order valence-corrected chi connectivity index (χ3v) is 3.99. The van der Waals surface area contributed by atoms with Gasteiger partial charge < -0.3 is 15.1 Å². The molecule has 0 unspecified atom stereocenters. The standard InChI is InChI=1S/C20H17N3O5/c1-13-6-8-14(9-7-13)12-21-19(24)15-4-2-3-5-16(15)22-20(25)17-10-11-18(28-17)23(26)27/h2-11H,12H2,1H3,(H,21,24)(H,22,25). The quantitative estimate of drug-likeness (QED) is 0.501. The number of nitrogens with one attached hydrogen (secondary N) is 2. The highest BCUT2D eigenvalue weighted by atomic mass is 16.6. The Balaban J connectivity index is 1.71. The number of carbonyl (C=O) groups is 2. The van der Waals surface area contributed by atoms with Gasteiger partial charge in [-0.15, -0.1) is 0 Å². The van der Waals surface area contributed by atoms with Crippen molar-refractivity contribution in [2.24, 2.45) is 0 Å². The van der Waals surface area contributed by atoms with Crippen molar-refractivity contribution in [3.63, 3.8) is 0 Å². The van der Waals surface area contributed by atoms with E-state index in [9.17, 15) is 19.7 Å². The molecule has 28 heavy (non-hydrogen) atoms. The number of para-hydroxylation sites is 1. The molecular formula is C20H17N3O5. The van der Waals surface area contributed by atoms with Gasteiger partial charge in [0.1, 0.15) is 4.92 Å². The Morgan fingerprint density at radius 1 is 1.00 bits per heavy atom. The molecule has 1 aromatic heterocycles. The number of nitrogens with zero attached hydrogens (tertiary/aromatic N) is 1. The molecule has 0 fully saturated rings. The van der Waals surface area contributed by atoms with Crippen LogP contribution in [-0.4, -0.2) is 16.7 Å². The summed E-state index contributed by atoms with van der Waals surface area (Å²) >= 11 is 0. The first-order valence-corrected chi connectivity index (χ1v) is 8.42. The monoisotopic (exact) mass is 379 g/mol. The number of carbonyl (C=O) groups excluding carboxylic acids is 2. The molecular weight excluding hydrogens is 362 g/mol. The highest BCUT2D eigenvalue weighted by molar-refractivity contribution is 6.07. The number of hydrogen-bond donors (Lipinski definition) is 2. The van der Waals surface area contributed by atoms with Crippen LogP contribution in [-0.2, 0) is 6.54 Å². The van der Waals surface area contributed by atoms with E-state index in [4.69, 9.17) is 4.42 Å². The molecule has 0 aliphatic carbocycles. The summed E-state index contributed by atoms with van der Waals surface area (Å²) < 4.78 is 4.88. The molecule has 1 heterocycles. The zero-order valence-electron chi connectivity index (χ0n) is 15.0. The molecule has 0 aliphatic heterocycles. The van der Waals surface area contributed by atoms with E-state index < -0.39 is 16.7 Å². The highest BCUT2D eigenvalue weighted by Gasteiger charge is 2.19. The summed E-state index contributed by atoms with van der Waals surface area (Å²) in [5, 5.41) is 16.0. The minimum absolute atomic E-state index is 0.221. The molecule has 3 aromatic rings. The molecule has 0 saturated heterocycles. The molecule has 8 heteroatoms. The Bertz CT molecular complexity index is 1020. The number of hydrogen-bond acceptors (Lipinski definition) is 5. The van der Waals surface area contributed by atoms with Crippen LogP contribution in [0.25, 0.3) is 0 Å². The molecule has 3 rings (SSSR count). The van der Waals surface area contributed by atoms with Gasteiger partial charge >= 0.3 is 5.88 Å². The Hall–Kier alpha value is -3.94. The first kappa shape index (κ1) is 18.8. The Morgan fingerprint density at radius 2 is 1.71 bits per heavy atom. The van der Waals surface area contributed by atoms with Crippen molar-refractivity contribution in [3.05, 3.63) is 93.2 Å². The maximum absolute atomic E-state index is 12.5. The minimum Gasteiger partial charge on any atom is -0.395 e. The Morgan fingerprint density at radius 3 is 2.39 bits per heavy atom. The highest BCUT2D eigenvalue weighted by Crippen LogP contribution is 2.20. The molecule has 142 valence electrons. The first-order valence-electron chi connectivity index (χ1n) is 8.42. The second-order valence-corrected chi connectivity index (χ2v) is 6.06. The van der Waals surface area contributed by atoms with Crippen LogP contribution < -0.4 is 10.6 Å². The lowest BCUT2D eigenvalue weighted by atomic mass is 10.1. The molecule has 2 N–H and O–H groups in total. The predicted octanol–water partition coefficient (Wildman–Crippen LogP) is 3.68. The molecule has 0 atom stereocenters. The van der Waals surface area contributed by atoms with Gasteiger partial charge in [-0.2, -0.15) is 0 Å². The lowest BCUT2D eigenvalue weighted by Crippen LogP contribution is -2.24. The molecule has 0 radical (unpaired) electrons. The van der Waals surface area contributed by atoms with E-state index in [-0.39, 0.29) is 22.9 Å². The van der Waals surface area contributed by atoms with Gasteiger partial charge in [-0.3, -0.25) is 19.7 Å². The summed E-state index contributed by atoms with van der Waals surface area (Å²) in [4.78, 5) is 34.8. The maximum atomic E-state index is 12.5. The van der Waals surface area contributed by atoms with Gasteiger partial charge in [0.25, 0.3) is 11.8 Å². The van der Waals surface area contributed by atoms with E-state index in [1.54, 1.807) is 24.3 Å². The van der Waals surface area contributed by atoms with Crippen LogP contribution in [0, 0.1) is 17.0 Å². The summed E-state index contributed by atoms with van der Waals surface area (Å²) in [5.41, 5.74) is 2.61. The van der Waals surface area contributed by atoms with Crippen molar-refractivity contribution in [3.8, 4) is 0 Å². The van der Waals surface area contributed by atoms with E-state index in [1.807, 2.05) is 31.2 Å². The summed E-state index contributed by atoms with van der Waals surface area (Å²) in [7, 11) is 0. The second-order valence-electron chi connectivity index (χ2n) is 6.06. The van der Waals surface area contributed by atoms with Crippen molar-refractivity contribution in [1.29, 1.82) is 0 Å². The molecule has 8 nitrogen and oxygen atoms in total. The van der Waals surface area contributed by atoms with Crippen molar-refractivity contribution >= 4 is 23.4 Å². The largest absolute Gasteiger partial charge is 0.433 e. The molecule has 0 saturated carbocycles. The molecule has 2 amide bonds. The Kier molecular flexibility index (Phi) is 5.50. The summed E-state index contributed by atoms with van der Waals surface area (Å²) in [6.45, 7) is 2.32. The first-order chi connectivity index (χ1) is 13.4. The second kappa shape index (κ2) is 8.17. The predicted molar refractivity (Wildman–Crippen MR) is 102 cm³/mol. The third kappa shape index (κ3) is 4.42. The number of nitro groups is 1. The number of amides is 2. The van der Waals surface area contributed by atoms with Crippen LogP contribution in [0.15, 0.2) is 65.1 Å². The summed E-state index contributed by atoms with van der Waals surface area (Å²) in [6, 6.07) is 16.5. The van der Waals surface area contributed by atoms with Crippen molar-refractivity contribution in [2.45, 2.75) is 13.5 Å². The molecule has 0 bridgehead atoms. The number of rotatable bonds is 6. The fraction of sp³-hybridized carbons (Fsp3) is 0.100. The lowest BCUT2D eigenvalue weighted by Gasteiger charge is -2.11. The van der Waals surface area contributed by atoms with E-state index in [0.717, 1.165) is 17.2 Å². The molecule has 0 aliphatic rings. The normalized spacial score (nSPS) is 10.3. The topological polar surface area (TPSA) is 114 Å². The van der Waals surface area contributed by atoms with E-state index >= 15 is 0 Å². The smallest absolute Gasteiger partial charge is 0.395 e. The fourth-order valence-corrected chi connectivity index (χ4v) is 2.51. The van der Waals surface area contributed by atoms with Crippen LogP contribution in [0.3, 0.4) is 0 Å². The van der Waals surface area contributed by atoms with Gasteiger partial charge in [0, 0.05) is 6.54 Å². The Labute approximate surface area is 160 Å². The van der Waals surface area contributed by atoms with Crippen LogP contribution in [0.1, 0.15) is 32.0 Å². The van der Waals surface area contributed by atoms with Crippen molar-refractivity contribution in [2.75, 3.05) is 5.32 Å². The average molecular weight is 379 g/mol. The van der Waals surface area contributed by atoms with Gasteiger partial charge in [-0.05, 0) is 30.7 Å². The van der Waals surface area contributed by atoms with Crippen molar-refractivity contribution in [1.82, 2.24) is 5.32 Å². The molecule has 0 spiro atoms. The SMILES string of the molecule is Cc1ccc(CNC(=O)c2ccccc2NC(=O)c2ccc([N+](=O)[O-])o2)cc1. The van der Waals surface area contributed by atoms with Gasteiger partial charge in [-0.25, -0.2) is 0 Å². The average Bonchev–Trinajstić information content (AvgIpc) is 3.18. The number of furan rings is 1. The minimum atomic E-state index is -0.733. The van der Waals surface area contributed by atoms with Crippen LogP contribution in [0.5, 0.6) is 0 Å². The van der Waals surface area contributed by atoms with Crippen LogP contribution in [0.2, 0.25) is 0 Å². The van der Waals surface area contributed by atoms with Crippen LogP contribution in [0.4, 0.5) is 11.6 Å². The lowest BCUT2D eigenvalue weighted by molar-refractivity contribution is -0.402. The van der Waals surface area contributed by atoms with Gasteiger partial charge in [-0.1, -0.05) is 42.0 Å². The molecule has 2 aromatic carbocycles. The van der Waals surface area contributed by atoms with E-state index in [0.29, 0.717) is 6.54 Å².